The minimum Gasteiger partial charge on any atom is -0.386 e. The fraction of sp³-hybridized carbons (Fsp3) is 0.778. The summed E-state index contributed by atoms with van der Waals surface area (Å²) in [7, 11) is 0. The van der Waals surface area contributed by atoms with Gasteiger partial charge in [0, 0.05) is 11.7 Å². The van der Waals surface area contributed by atoms with Crippen molar-refractivity contribution in [3.8, 4) is 0 Å². The van der Waals surface area contributed by atoms with Crippen LogP contribution in [-0.2, 0) is 0 Å². The first kappa shape index (κ1) is 7.64. The molecule has 1 unspecified atom stereocenters. The zero-order chi connectivity index (χ0) is 7.40. The van der Waals surface area contributed by atoms with E-state index in [2.05, 4.69) is 25.2 Å². The first-order valence-corrected chi connectivity index (χ1v) is 4.28. The van der Waals surface area contributed by atoms with Crippen molar-refractivity contribution in [1.82, 2.24) is 5.32 Å². The van der Waals surface area contributed by atoms with Gasteiger partial charge in [-0.25, -0.2) is 0 Å². The van der Waals surface area contributed by atoms with E-state index >= 15 is 0 Å². The van der Waals surface area contributed by atoms with Crippen molar-refractivity contribution in [3.05, 3.63) is 11.8 Å². The summed E-state index contributed by atoms with van der Waals surface area (Å²) < 4.78 is 0. The smallest absolute Gasteiger partial charge is 0.0233 e. The van der Waals surface area contributed by atoms with Crippen LogP contribution in [0.25, 0.3) is 0 Å². The van der Waals surface area contributed by atoms with E-state index < -0.39 is 0 Å². The molecule has 0 aliphatic carbocycles. The van der Waals surface area contributed by atoms with Crippen LogP contribution >= 0.6 is 0 Å². The summed E-state index contributed by atoms with van der Waals surface area (Å²) in [6, 6.07) is 0.711. The fourth-order valence-electron chi connectivity index (χ4n) is 1.31. The summed E-state index contributed by atoms with van der Waals surface area (Å²) in [5, 5.41) is 3.45. The van der Waals surface area contributed by atoms with Crippen LogP contribution in [0.1, 0.15) is 39.5 Å². The first-order chi connectivity index (χ1) is 4.83. The van der Waals surface area contributed by atoms with Crippen molar-refractivity contribution >= 4 is 0 Å². The molecule has 1 rings (SSSR count). The molecule has 10 heavy (non-hydrogen) atoms. The lowest BCUT2D eigenvalue weighted by Gasteiger charge is -2.01. The lowest BCUT2D eigenvalue weighted by atomic mass is 10.2. The van der Waals surface area contributed by atoms with Gasteiger partial charge in [-0.2, -0.15) is 0 Å². The Kier molecular flexibility index (Phi) is 2.79. The third-order valence-electron chi connectivity index (χ3n) is 1.96. The topological polar surface area (TPSA) is 12.0 Å². The monoisotopic (exact) mass is 139 g/mol. The second-order valence-corrected chi connectivity index (χ2v) is 3.10. The second kappa shape index (κ2) is 3.65. The zero-order valence-electron chi connectivity index (χ0n) is 6.98. The van der Waals surface area contributed by atoms with E-state index in [0.29, 0.717) is 6.04 Å². The zero-order valence-corrected chi connectivity index (χ0v) is 6.98. The van der Waals surface area contributed by atoms with Crippen molar-refractivity contribution < 1.29 is 0 Å². The number of unbranched alkanes of at least 4 members (excludes halogenated alkanes) is 1. The highest BCUT2D eigenvalue weighted by molar-refractivity contribution is 5.05. The predicted octanol–water partition coefficient (Wildman–Crippen LogP) is 2.44. The molecule has 0 saturated carbocycles. The quantitative estimate of drug-likeness (QED) is 0.619. The van der Waals surface area contributed by atoms with Gasteiger partial charge in [-0.05, 0) is 26.2 Å². The van der Waals surface area contributed by atoms with Crippen molar-refractivity contribution in [2.45, 2.75) is 45.6 Å². The number of hydrogen-bond acceptors (Lipinski definition) is 1. The van der Waals surface area contributed by atoms with Crippen LogP contribution in [0.5, 0.6) is 0 Å². The first-order valence-electron chi connectivity index (χ1n) is 4.28. The van der Waals surface area contributed by atoms with Gasteiger partial charge in [0.2, 0.25) is 0 Å². The van der Waals surface area contributed by atoms with Gasteiger partial charge in [0.05, 0.1) is 0 Å². The van der Waals surface area contributed by atoms with Crippen LogP contribution in [0.3, 0.4) is 0 Å². The molecule has 0 bridgehead atoms. The minimum atomic E-state index is 0.711. The maximum absolute atomic E-state index is 3.45. The Balaban J connectivity index is 2.29. The number of hydrogen-bond donors (Lipinski definition) is 1. The molecule has 0 aromatic heterocycles. The average molecular weight is 139 g/mol. The van der Waals surface area contributed by atoms with E-state index in [1.807, 2.05) is 0 Å². The Morgan fingerprint density at radius 2 is 2.50 bits per heavy atom. The van der Waals surface area contributed by atoms with Gasteiger partial charge >= 0.3 is 0 Å². The van der Waals surface area contributed by atoms with Crippen molar-refractivity contribution in [3.63, 3.8) is 0 Å². The molecule has 0 spiro atoms. The third kappa shape index (κ3) is 2.05. The average Bonchev–Trinajstić information content (AvgIpc) is 2.31. The Bertz CT molecular complexity index is 127. The van der Waals surface area contributed by atoms with Crippen molar-refractivity contribution in [2.75, 3.05) is 0 Å². The molecule has 1 aliphatic rings. The molecule has 58 valence electrons. The third-order valence-corrected chi connectivity index (χ3v) is 1.96. The molecule has 1 saturated heterocycles. The number of allylic oxidation sites excluding steroid dienone is 2. The second-order valence-electron chi connectivity index (χ2n) is 3.10. The van der Waals surface area contributed by atoms with Gasteiger partial charge in [0.15, 0.2) is 0 Å². The van der Waals surface area contributed by atoms with Gasteiger partial charge in [-0.1, -0.05) is 19.4 Å². The van der Waals surface area contributed by atoms with Crippen LogP contribution in [0, 0.1) is 0 Å². The maximum Gasteiger partial charge on any atom is 0.0233 e. The van der Waals surface area contributed by atoms with Crippen LogP contribution in [0.4, 0.5) is 0 Å². The normalized spacial score (nSPS) is 29.0. The summed E-state index contributed by atoms with van der Waals surface area (Å²) in [5.74, 6) is 0. The van der Waals surface area contributed by atoms with Gasteiger partial charge in [-0.3, -0.25) is 0 Å². The highest BCUT2D eigenvalue weighted by Gasteiger charge is 2.11. The molecule has 1 nitrogen and oxygen atoms in total. The summed E-state index contributed by atoms with van der Waals surface area (Å²) >= 11 is 0. The molecule has 1 atom stereocenters. The van der Waals surface area contributed by atoms with Gasteiger partial charge < -0.3 is 5.32 Å². The van der Waals surface area contributed by atoms with E-state index in [0.717, 1.165) is 0 Å². The Morgan fingerprint density at radius 3 is 3.00 bits per heavy atom. The molecule has 0 amide bonds. The predicted molar refractivity (Wildman–Crippen MR) is 44.8 cm³/mol. The molecule has 1 fully saturated rings. The standard InChI is InChI=1S/C9H17N/c1-3-4-5-9-7-6-8(2)10-9/h5,8,10H,3-4,6-7H2,1-2H3/b9-5-. The molecule has 1 N–H and O–H groups in total. The SMILES string of the molecule is CCC/C=C1/CCC(C)N1. The van der Waals surface area contributed by atoms with Crippen molar-refractivity contribution in [1.29, 1.82) is 0 Å². The molecular weight excluding hydrogens is 122 g/mol. The molecule has 0 aromatic rings. The van der Waals surface area contributed by atoms with Gasteiger partial charge in [0.1, 0.15) is 0 Å². The molecule has 1 heteroatoms. The molecule has 1 heterocycles. The lowest BCUT2D eigenvalue weighted by Crippen LogP contribution is -2.15. The van der Waals surface area contributed by atoms with Crippen LogP contribution in [0.15, 0.2) is 11.8 Å². The molecule has 0 aromatic carbocycles. The van der Waals surface area contributed by atoms with E-state index in [1.165, 1.54) is 31.4 Å². The van der Waals surface area contributed by atoms with E-state index in [9.17, 15) is 0 Å². The molecule has 1 aliphatic heterocycles. The minimum absolute atomic E-state index is 0.711. The van der Waals surface area contributed by atoms with E-state index in [1.54, 1.807) is 0 Å². The van der Waals surface area contributed by atoms with Crippen LogP contribution in [-0.4, -0.2) is 6.04 Å². The fourth-order valence-corrected chi connectivity index (χ4v) is 1.31. The molecule has 0 radical (unpaired) electrons. The van der Waals surface area contributed by atoms with Gasteiger partial charge in [-0.15, -0.1) is 0 Å². The summed E-state index contributed by atoms with van der Waals surface area (Å²) in [6.07, 6.45) is 7.41. The summed E-state index contributed by atoms with van der Waals surface area (Å²) in [4.78, 5) is 0. The van der Waals surface area contributed by atoms with E-state index in [-0.39, 0.29) is 0 Å². The van der Waals surface area contributed by atoms with Crippen molar-refractivity contribution in [2.24, 2.45) is 0 Å². The highest BCUT2D eigenvalue weighted by Crippen LogP contribution is 2.15. The highest BCUT2D eigenvalue weighted by atomic mass is 14.9. The number of nitrogens with one attached hydrogen (secondary N) is 1. The maximum atomic E-state index is 3.45. The van der Waals surface area contributed by atoms with Gasteiger partial charge in [0.25, 0.3) is 0 Å². The summed E-state index contributed by atoms with van der Waals surface area (Å²) in [6.45, 7) is 4.46. The van der Waals surface area contributed by atoms with Crippen LogP contribution in [0.2, 0.25) is 0 Å². The lowest BCUT2D eigenvalue weighted by molar-refractivity contribution is 0.680. The van der Waals surface area contributed by atoms with E-state index in [4.69, 9.17) is 0 Å². The largest absolute Gasteiger partial charge is 0.386 e. The Hall–Kier alpha value is -0.460. The summed E-state index contributed by atoms with van der Waals surface area (Å²) in [5.41, 5.74) is 1.47. The molecular formula is C9H17N. The van der Waals surface area contributed by atoms with Crippen LogP contribution < -0.4 is 5.32 Å². The number of rotatable bonds is 2. The Morgan fingerprint density at radius 1 is 1.70 bits per heavy atom. The Labute approximate surface area is 63.5 Å².